The molecule has 1 rings (SSSR count). The van der Waals surface area contributed by atoms with Crippen molar-refractivity contribution in [1.29, 1.82) is 0 Å². The first-order chi connectivity index (χ1) is 6.41. The van der Waals surface area contributed by atoms with Crippen LogP contribution in [0.2, 0.25) is 0 Å². The van der Waals surface area contributed by atoms with Gasteiger partial charge in [-0.2, -0.15) is 13.2 Å². The number of carbonyl (C=O) groups excluding carboxylic acids is 1. The lowest BCUT2D eigenvalue weighted by Gasteiger charge is -2.11. The van der Waals surface area contributed by atoms with Gasteiger partial charge in [-0.3, -0.25) is 0 Å². The van der Waals surface area contributed by atoms with Gasteiger partial charge in [0.2, 0.25) is 0 Å². The topological polar surface area (TPSA) is 52.9 Å². The summed E-state index contributed by atoms with van der Waals surface area (Å²) in [6, 6.07) is 3.21. The number of rotatable bonds is 1. The minimum Gasteiger partial charge on any atom is -0.306 e. The van der Waals surface area contributed by atoms with Crippen molar-refractivity contribution in [2.45, 2.75) is 6.18 Å². The van der Waals surface area contributed by atoms with Gasteiger partial charge in [-0.25, -0.2) is 10.5 Å². The first kappa shape index (κ1) is 10.4. The largest absolute Gasteiger partial charge is 0.418 e. The molecule has 0 saturated carbocycles. The molecule has 1 radical (unpaired) electrons. The maximum Gasteiger partial charge on any atom is 0.418 e. The van der Waals surface area contributed by atoms with Crippen LogP contribution < -0.4 is 11.1 Å². The van der Waals surface area contributed by atoms with Gasteiger partial charge in [0, 0.05) is 0 Å². The molecule has 0 atom stereocenters. The van der Waals surface area contributed by atoms with Crippen molar-refractivity contribution in [3.05, 3.63) is 29.8 Å². The van der Waals surface area contributed by atoms with E-state index in [2.05, 4.69) is 0 Å². The molecular weight excluding hydrogens is 197 g/mol. The number of alkyl halides is 3. The van der Waals surface area contributed by atoms with Crippen LogP contribution in [0.5, 0.6) is 0 Å². The molecule has 0 bridgehead atoms. The van der Waals surface area contributed by atoms with Crippen LogP contribution in [-0.2, 0) is 6.18 Å². The molecule has 2 N–H and O–H groups in total. The minimum absolute atomic E-state index is 0.403. The van der Waals surface area contributed by atoms with E-state index in [0.29, 0.717) is 0 Å². The Morgan fingerprint density at radius 3 is 2.36 bits per heavy atom. The number of para-hydroxylation sites is 1. The van der Waals surface area contributed by atoms with E-state index in [4.69, 9.17) is 5.73 Å². The number of hydrogen-bond acceptors (Lipinski definition) is 1. The summed E-state index contributed by atoms with van der Waals surface area (Å²) >= 11 is 0. The van der Waals surface area contributed by atoms with Crippen molar-refractivity contribution >= 4 is 11.7 Å². The number of halogens is 3. The van der Waals surface area contributed by atoms with E-state index in [-0.39, 0.29) is 0 Å². The van der Waals surface area contributed by atoms with Crippen LogP contribution >= 0.6 is 0 Å². The van der Waals surface area contributed by atoms with E-state index in [1.165, 1.54) is 12.1 Å². The third-order valence-electron chi connectivity index (χ3n) is 1.48. The van der Waals surface area contributed by atoms with Crippen molar-refractivity contribution in [1.82, 2.24) is 5.73 Å². The van der Waals surface area contributed by atoms with Crippen molar-refractivity contribution in [2.75, 3.05) is 5.32 Å². The Balaban J connectivity index is 3.10. The number of amides is 2. The number of benzene rings is 1. The van der Waals surface area contributed by atoms with Gasteiger partial charge in [0.25, 0.3) is 0 Å². The predicted molar refractivity (Wildman–Crippen MR) is 43.6 cm³/mol. The third-order valence-corrected chi connectivity index (χ3v) is 1.48. The molecule has 0 aliphatic heterocycles. The zero-order chi connectivity index (χ0) is 10.8. The highest BCUT2D eigenvalue weighted by atomic mass is 19.4. The predicted octanol–water partition coefficient (Wildman–Crippen LogP) is 2.52. The average Bonchev–Trinajstić information content (AvgIpc) is 2.01. The second-order valence-electron chi connectivity index (χ2n) is 2.50. The second kappa shape index (κ2) is 3.57. The molecule has 0 unspecified atom stereocenters. The molecule has 75 valence electrons. The van der Waals surface area contributed by atoms with Gasteiger partial charge in [0.15, 0.2) is 0 Å². The average molecular weight is 203 g/mol. The summed E-state index contributed by atoms with van der Waals surface area (Å²) in [5, 5.41) is 1.79. The summed E-state index contributed by atoms with van der Waals surface area (Å²) in [4.78, 5) is 10.3. The van der Waals surface area contributed by atoms with Gasteiger partial charge in [-0.15, -0.1) is 0 Å². The summed E-state index contributed by atoms with van der Waals surface area (Å²) < 4.78 is 36.9. The maximum atomic E-state index is 12.3. The van der Waals surface area contributed by atoms with Gasteiger partial charge in [0.1, 0.15) is 0 Å². The van der Waals surface area contributed by atoms with Crippen LogP contribution in [0.3, 0.4) is 0 Å². The Bertz CT molecular complexity index is 349. The van der Waals surface area contributed by atoms with Crippen molar-refractivity contribution < 1.29 is 18.0 Å². The Hall–Kier alpha value is -1.72. The zero-order valence-corrected chi connectivity index (χ0v) is 6.85. The minimum atomic E-state index is -4.53. The van der Waals surface area contributed by atoms with Gasteiger partial charge in [-0.1, -0.05) is 12.1 Å². The fraction of sp³-hybridized carbons (Fsp3) is 0.125. The lowest BCUT2D eigenvalue weighted by molar-refractivity contribution is -0.136. The number of nitrogens with one attached hydrogen (secondary N) is 2. The molecule has 6 heteroatoms. The Labute approximate surface area is 77.7 Å². The highest BCUT2D eigenvalue weighted by Gasteiger charge is 2.33. The lowest BCUT2D eigenvalue weighted by atomic mass is 10.2. The maximum absolute atomic E-state index is 12.3. The van der Waals surface area contributed by atoms with Crippen molar-refractivity contribution in [2.24, 2.45) is 0 Å². The van der Waals surface area contributed by atoms with Gasteiger partial charge in [0.05, 0.1) is 11.3 Å². The van der Waals surface area contributed by atoms with Crippen LogP contribution in [0.15, 0.2) is 24.3 Å². The van der Waals surface area contributed by atoms with Gasteiger partial charge < -0.3 is 5.32 Å². The smallest absolute Gasteiger partial charge is 0.306 e. The molecule has 14 heavy (non-hydrogen) atoms. The lowest BCUT2D eigenvalue weighted by Crippen LogP contribution is -2.15. The summed E-state index contributed by atoms with van der Waals surface area (Å²) in [6.45, 7) is 0. The first-order valence-corrected chi connectivity index (χ1v) is 3.60. The zero-order valence-electron chi connectivity index (χ0n) is 6.85. The van der Waals surface area contributed by atoms with Crippen LogP contribution in [0.4, 0.5) is 23.7 Å². The molecule has 1 aromatic carbocycles. The number of carbonyl (C=O) groups is 1. The molecule has 2 amide bonds. The van der Waals surface area contributed by atoms with Crippen LogP contribution in [0.1, 0.15) is 5.56 Å². The second-order valence-corrected chi connectivity index (χ2v) is 2.50. The highest BCUT2D eigenvalue weighted by molar-refractivity contribution is 5.88. The molecule has 0 fully saturated rings. The van der Waals surface area contributed by atoms with Crippen LogP contribution in [0, 0.1) is 0 Å². The van der Waals surface area contributed by atoms with E-state index in [0.717, 1.165) is 12.1 Å². The normalized spacial score (nSPS) is 11.1. The quantitative estimate of drug-likeness (QED) is 0.749. The summed E-state index contributed by atoms with van der Waals surface area (Å²) in [7, 11) is 0. The Morgan fingerprint density at radius 1 is 1.29 bits per heavy atom. The van der Waals surface area contributed by atoms with Gasteiger partial charge in [-0.05, 0) is 12.1 Å². The fourth-order valence-corrected chi connectivity index (χ4v) is 0.962. The molecule has 0 aromatic heterocycles. The molecule has 1 aromatic rings. The van der Waals surface area contributed by atoms with E-state index >= 15 is 0 Å². The molecule has 0 spiro atoms. The van der Waals surface area contributed by atoms with E-state index < -0.39 is 23.5 Å². The monoisotopic (exact) mass is 203 g/mol. The van der Waals surface area contributed by atoms with Gasteiger partial charge >= 0.3 is 12.2 Å². The standard InChI is InChI=1S/C8H6F3N2O/c9-8(10,11)5-3-1-2-4-6(5)13-7(12)14/h1-4,12H,(H,13,14). The molecule has 3 nitrogen and oxygen atoms in total. The molecule has 0 heterocycles. The van der Waals surface area contributed by atoms with E-state index in [1.807, 2.05) is 0 Å². The van der Waals surface area contributed by atoms with E-state index in [9.17, 15) is 18.0 Å². The molecule has 0 aliphatic rings. The summed E-state index contributed by atoms with van der Waals surface area (Å²) in [6.07, 6.45) is -4.53. The van der Waals surface area contributed by atoms with Crippen LogP contribution in [-0.4, -0.2) is 6.03 Å². The van der Waals surface area contributed by atoms with Crippen molar-refractivity contribution in [3.8, 4) is 0 Å². The molecule has 0 aliphatic carbocycles. The van der Waals surface area contributed by atoms with Crippen LogP contribution in [0.25, 0.3) is 0 Å². The summed E-state index contributed by atoms with van der Waals surface area (Å²) in [5.41, 5.74) is 5.14. The number of anilines is 1. The highest BCUT2D eigenvalue weighted by Crippen LogP contribution is 2.34. The Morgan fingerprint density at radius 2 is 1.86 bits per heavy atom. The first-order valence-electron chi connectivity index (χ1n) is 3.60. The SMILES string of the molecule is [NH]C(=O)Nc1ccccc1C(F)(F)F. The third kappa shape index (κ3) is 2.38. The molecular formula is C8H6F3N2O. The fourth-order valence-electron chi connectivity index (χ4n) is 0.962. The van der Waals surface area contributed by atoms with E-state index in [1.54, 1.807) is 5.32 Å². The van der Waals surface area contributed by atoms with Crippen molar-refractivity contribution in [3.63, 3.8) is 0 Å². The number of hydrogen-bond donors (Lipinski definition) is 1. The number of urea groups is 1. The molecule has 0 saturated heterocycles. The summed E-state index contributed by atoms with van der Waals surface area (Å²) in [5.74, 6) is 0. The Kier molecular flexibility index (Phi) is 2.64.